The summed E-state index contributed by atoms with van der Waals surface area (Å²) in [6.45, 7) is 4.54. The van der Waals surface area contributed by atoms with Gasteiger partial charge in [0.25, 0.3) is 0 Å². The van der Waals surface area contributed by atoms with Gasteiger partial charge in [0.05, 0.1) is 24.6 Å². The molecule has 0 spiro atoms. The van der Waals surface area contributed by atoms with Crippen LogP contribution in [-0.4, -0.2) is 64.5 Å². The van der Waals surface area contributed by atoms with Crippen LogP contribution in [-0.2, 0) is 4.79 Å². The number of benzene rings is 2. The fraction of sp³-hybridized carbons (Fsp3) is 0.364. The number of ether oxygens (including phenoxy) is 1. The maximum absolute atomic E-state index is 12.5. The summed E-state index contributed by atoms with van der Waals surface area (Å²) >= 11 is 1.32. The van der Waals surface area contributed by atoms with Gasteiger partial charge >= 0.3 is 0 Å². The van der Waals surface area contributed by atoms with Crippen LogP contribution in [0.4, 0.5) is 0 Å². The van der Waals surface area contributed by atoms with Crippen molar-refractivity contribution in [3.63, 3.8) is 0 Å². The van der Waals surface area contributed by atoms with Crippen molar-refractivity contribution >= 4 is 17.7 Å². The van der Waals surface area contributed by atoms with Crippen molar-refractivity contribution in [1.29, 1.82) is 0 Å². The van der Waals surface area contributed by atoms with E-state index >= 15 is 0 Å². The molecular weight excluding hydrogens is 412 g/mol. The third-order valence-electron chi connectivity index (χ3n) is 4.98. The van der Waals surface area contributed by atoms with Crippen molar-refractivity contribution in [2.45, 2.75) is 25.0 Å². The van der Waals surface area contributed by atoms with Gasteiger partial charge in [0.2, 0.25) is 11.1 Å². The summed E-state index contributed by atoms with van der Waals surface area (Å²) in [5.41, 5.74) is 4.22. The van der Waals surface area contributed by atoms with Crippen LogP contribution in [0, 0.1) is 13.8 Å². The van der Waals surface area contributed by atoms with E-state index in [2.05, 4.69) is 25.7 Å². The number of thioether (sulfide) groups is 1. The maximum Gasteiger partial charge on any atom is 0.230 e. The van der Waals surface area contributed by atoms with Crippen LogP contribution in [0.25, 0.3) is 5.69 Å². The standard InChI is InChI=1S/C22H28N6O2S/c1-15-6-7-16(2)19(12-15)28-22(24-25-26-28)31-14-21(29)23-13-20(27(3)4)17-8-10-18(30-5)11-9-17/h6-12,20H,13-14H2,1-5H3,(H,23,29)/t20-/m0/s1. The van der Waals surface area contributed by atoms with E-state index in [0.29, 0.717) is 11.7 Å². The molecule has 164 valence electrons. The molecule has 8 nitrogen and oxygen atoms in total. The Balaban J connectivity index is 1.60. The molecule has 0 radical (unpaired) electrons. The van der Waals surface area contributed by atoms with Gasteiger partial charge in [0, 0.05) is 6.54 Å². The van der Waals surface area contributed by atoms with Crippen LogP contribution in [0.1, 0.15) is 22.7 Å². The smallest absolute Gasteiger partial charge is 0.230 e. The van der Waals surface area contributed by atoms with Crippen LogP contribution in [0.15, 0.2) is 47.6 Å². The van der Waals surface area contributed by atoms with Gasteiger partial charge in [0.15, 0.2) is 0 Å². The summed E-state index contributed by atoms with van der Waals surface area (Å²) in [4.78, 5) is 14.6. The topological polar surface area (TPSA) is 85.2 Å². The molecule has 0 unspecified atom stereocenters. The SMILES string of the molecule is COc1ccc([C@H](CNC(=O)CSc2nnnn2-c2cc(C)ccc2C)N(C)C)cc1. The first-order valence-electron chi connectivity index (χ1n) is 9.95. The lowest BCUT2D eigenvalue weighted by molar-refractivity contribution is -0.118. The second-order valence-corrected chi connectivity index (χ2v) is 8.45. The lowest BCUT2D eigenvalue weighted by Crippen LogP contribution is -2.35. The molecule has 1 amide bonds. The molecule has 3 rings (SSSR count). The first kappa shape index (κ1) is 22.8. The highest BCUT2D eigenvalue weighted by atomic mass is 32.2. The molecule has 0 aliphatic carbocycles. The van der Waals surface area contributed by atoms with Crippen molar-refractivity contribution in [2.24, 2.45) is 0 Å². The van der Waals surface area contributed by atoms with Crippen LogP contribution in [0.3, 0.4) is 0 Å². The van der Waals surface area contributed by atoms with Crippen molar-refractivity contribution in [1.82, 2.24) is 30.4 Å². The third kappa shape index (κ3) is 5.83. The number of nitrogens with one attached hydrogen (secondary N) is 1. The minimum Gasteiger partial charge on any atom is -0.497 e. The molecule has 0 aliphatic rings. The number of likely N-dealkylation sites (N-methyl/N-ethyl adjacent to an activating group) is 1. The molecule has 0 aliphatic heterocycles. The molecule has 3 aromatic rings. The monoisotopic (exact) mass is 440 g/mol. The summed E-state index contributed by atoms with van der Waals surface area (Å²) in [5, 5.41) is 15.6. The fourth-order valence-corrected chi connectivity index (χ4v) is 3.90. The number of aryl methyl sites for hydroxylation is 2. The van der Waals surface area contributed by atoms with E-state index in [1.807, 2.05) is 70.4 Å². The lowest BCUT2D eigenvalue weighted by Gasteiger charge is -2.25. The second-order valence-electron chi connectivity index (χ2n) is 7.51. The molecule has 1 atom stereocenters. The Hall–Kier alpha value is -2.91. The third-order valence-corrected chi connectivity index (χ3v) is 5.90. The van der Waals surface area contributed by atoms with Gasteiger partial charge in [0.1, 0.15) is 5.75 Å². The molecule has 0 saturated carbocycles. The average Bonchev–Trinajstić information content (AvgIpc) is 3.22. The summed E-state index contributed by atoms with van der Waals surface area (Å²) < 4.78 is 6.91. The summed E-state index contributed by atoms with van der Waals surface area (Å²) in [6, 6.07) is 14.1. The number of carbonyl (C=O) groups excluding carboxylic acids is 1. The van der Waals surface area contributed by atoms with Crippen LogP contribution in [0.2, 0.25) is 0 Å². The molecule has 0 fully saturated rings. The van der Waals surface area contributed by atoms with E-state index in [9.17, 15) is 4.79 Å². The summed E-state index contributed by atoms with van der Waals surface area (Å²) in [5.74, 6) is 0.970. The molecule has 1 N–H and O–H groups in total. The number of hydrogen-bond acceptors (Lipinski definition) is 7. The van der Waals surface area contributed by atoms with Gasteiger partial charge in [-0.05, 0) is 73.3 Å². The Morgan fingerprint density at radius 1 is 1.19 bits per heavy atom. The number of amides is 1. The van der Waals surface area contributed by atoms with Crippen molar-refractivity contribution < 1.29 is 9.53 Å². The van der Waals surface area contributed by atoms with E-state index in [4.69, 9.17) is 4.74 Å². The Morgan fingerprint density at radius 2 is 1.94 bits per heavy atom. The average molecular weight is 441 g/mol. The number of tetrazole rings is 1. The first-order chi connectivity index (χ1) is 14.9. The number of rotatable bonds is 9. The lowest BCUT2D eigenvalue weighted by atomic mass is 10.1. The van der Waals surface area contributed by atoms with Gasteiger partial charge in [-0.25, -0.2) is 0 Å². The van der Waals surface area contributed by atoms with E-state index < -0.39 is 0 Å². The second kappa shape index (κ2) is 10.4. The quantitative estimate of drug-likeness (QED) is 0.512. The van der Waals surface area contributed by atoms with Crippen molar-refractivity contribution in [2.75, 3.05) is 33.5 Å². The Bertz CT molecular complexity index is 1020. The fourth-order valence-electron chi connectivity index (χ4n) is 3.18. The molecular formula is C22H28N6O2S. The zero-order valence-corrected chi connectivity index (χ0v) is 19.3. The highest BCUT2D eigenvalue weighted by Gasteiger charge is 2.17. The molecule has 1 heterocycles. The van der Waals surface area contributed by atoms with Gasteiger partial charge in [-0.3, -0.25) is 4.79 Å². The van der Waals surface area contributed by atoms with E-state index in [1.165, 1.54) is 11.8 Å². The van der Waals surface area contributed by atoms with Crippen LogP contribution < -0.4 is 10.1 Å². The minimum absolute atomic E-state index is 0.0557. The number of nitrogens with zero attached hydrogens (tertiary/aromatic N) is 5. The Kier molecular flexibility index (Phi) is 7.64. The van der Waals surface area contributed by atoms with Crippen LogP contribution >= 0.6 is 11.8 Å². The summed E-state index contributed by atoms with van der Waals surface area (Å²) in [7, 11) is 5.63. The first-order valence-corrected chi connectivity index (χ1v) is 10.9. The molecule has 0 bridgehead atoms. The number of hydrogen-bond donors (Lipinski definition) is 1. The van der Waals surface area contributed by atoms with E-state index in [1.54, 1.807) is 11.8 Å². The van der Waals surface area contributed by atoms with Gasteiger partial charge < -0.3 is 15.0 Å². The van der Waals surface area contributed by atoms with E-state index in [-0.39, 0.29) is 17.7 Å². The normalized spacial score (nSPS) is 12.1. The Labute approximate surface area is 187 Å². The maximum atomic E-state index is 12.5. The predicted octanol–water partition coefficient (Wildman–Crippen LogP) is 2.80. The molecule has 31 heavy (non-hydrogen) atoms. The zero-order valence-electron chi connectivity index (χ0n) is 18.5. The number of methoxy groups -OCH3 is 1. The molecule has 2 aromatic carbocycles. The zero-order chi connectivity index (χ0) is 22.4. The predicted molar refractivity (Wildman–Crippen MR) is 122 cm³/mol. The van der Waals surface area contributed by atoms with Gasteiger partial charge in [-0.15, -0.1) is 5.10 Å². The highest BCUT2D eigenvalue weighted by molar-refractivity contribution is 7.99. The summed E-state index contributed by atoms with van der Waals surface area (Å²) in [6.07, 6.45) is 0. The number of carbonyl (C=O) groups is 1. The van der Waals surface area contributed by atoms with Gasteiger partial charge in [-0.1, -0.05) is 36.0 Å². The van der Waals surface area contributed by atoms with Gasteiger partial charge in [-0.2, -0.15) is 4.68 Å². The van der Waals surface area contributed by atoms with Crippen molar-refractivity contribution in [3.8, 4) is 11.4 Å². The molecule has 1 aromatic heterocycles. The van der Waals surface area contributed by atoms with E-state index in [0.717, 1.165) is 28.1 Å². The number of aromatic nitrogens is 4. The minimum atomic E-state index is -0.0686. The highest BCUT2D eigenvalue weighted by Crippen LogP contribution is 2.23. The van der Waals surface area contributed by atoms with Crippen molar-refractivity contribution in [3.05, 3.63) is 59.2 Å². The largest absolute Gasteiger partial charge is 0.497 e. The Morgan fingerprint density at radius 3 is 2.61 bits per heavy atom. The van der Waals surface area contributed by atoms with Crippen LogP contribution in [0.5, 0.6) is 5.75 Å². The molecule has 9 heteroatoms. The molecule has 0 saturated heterocycles.